The van der Waals surface area contributed by atoms with Crippen LogP contribution in [-0.4, -0.2) is 59.8 Å². The van der Waals surface area contributed by atoms with Gasteiger partial charge in [0, 0.05) is 18.8 Å². The van der Waals surface area contributed by atoms with E-state index in [1.54, 1.807) is 13.8 Å². The predicted octanol–water partition coefficient (Wildman–Crippen LogP) is 7.67. The van der Waals surface area contributed by atoms with E-state index in [4.69, 9.17) is 19.7 Å². The van der Waals surface area contributed by atoms with Gasteiger partial charge in [0.25, 0.3) is 0 Å². The molecule has 1 atom stereocenters. The third-order valence-electron chi connectivity index (χ3n) is 8.53. The smallest absolute Gasteiger partial charge is 0.333 e. The zero-order valence-corrected chi connectivity index (χ0v) is 30.5. The van der Waals surface area contributed by atoms with E-state index in [-0.39, 0.29) is 30.6 Å². The molecular formula is C38H68O7. The first-order valence-corrected chi connectivity index (χ1v) is 16.7. The summed E-state index contributed by atoms with van der Waals surface area (Å²) in [5.41, 5.74) is 0.712. The fraction of sp³-hybridized carbons (Fsp3) is 0.789. The van der Waals surface area contributed by atoms with Crippen molar-refractivity contribution in [3.05, 3.63) is 24.3 Å². The van der Waals surface area contributed by atoms with Gasteiger partial charge in [-0.15, -0.1) is 18.4 Å². The SMILES string of the molecule is C=C(C)C.C=C(C)C(=O)OCC1CCC(CO)CC1.CC#CC.CC(O)C(C)(C)CC(C)(C)C(=O)OCC1CCC(CO)CC1. The third kappa shape index (κ3) is 22.1. The average molecular weight is 637 g/mol. The predicted molar refractivity (Wildman–Crippen MR) is 185 cm³/mol. The summed E-state index contributed by atoms with van der Waals surface area (Å²) in [7, 11) is 0. The summed E-state index contributed by atoms with van der Waals surface area (Å²) >= 11 is 0. The van der Waals surface area contributed by atoms with Crippen molar-refractivity contribution < 1.29 is 34.4 Å². The summed E-state index contributed by atoms with van der Waals surface area (Å²) in [5.74, 6) is 6.67. The molecule has 0 aromatic heterocycles. The third-order valence-corrected chi connectivity index (χ3v) is 8.53. The second-order valence-corrected chi connectivity index (χ2v) is 14.5. The van der Waals surface area contributed by atoms with Crippen LogP contribution in [-0.2, 0) is 19.1 Å². The first-order chi connectivity index (χ1) is 20.9. The average Bonchev–Trinajstić information content (AvgIpc) is 2.98. The van der Waals surface area contributed by atoms with Crippen LogP contribution in [0.15, 0.2) is 24.3 Å². The zero-order chi connectivity index (χ0) is 35.2. The molecule has 2 fully saturated rings. The summed E-state index contributed by atoms with van der Waals surface area (Å²) in [5, 5.41) is 28.0. The van der Waals surface area contributed by atoms with Gasteiger partial charge in [0.05, 0.1) is 24.7 Å². The Morgan fingerprint density at radius 3 is 1.38 bits per heavy atom. The number of ether oxygens (including phenoxy) is 2. The Bertz CT molecular complexity index is 896. The van der Waals surface area contributed by atoms with Crippen molar-refractivity contribution in [1.29, 1.82) is 0 Å². The lowest BCUT2D eigenvalue weighted by molar-refractivity contribution is -0.158. The number of hydrogen-bond acceptors (Lipinski definition) is 7. The van der Waals surface area contributed by atoms with E-state index in [0.717, 1.165) is 51.4 Å². The summed E-state index contributed by atoms with van der Waals surface area (Å²) in [6.45, 7) is 27.4. The fourth-order valence-electron chi connectivity index (χ4n) is 5.23. The highest BCUT2D eigenvalue weighted by Gasteiger charge is 2.38. The van der Waals surface area contributed by atoms with Gasteiger partial charge in [0.1, 0.15) is 0 Å². The Morgan fingerprint density at radius 2 is 1.09 bits per heavy atom. The lowest BCUT2D eigenvalue weighted by atomic mass is 9.72. The lowest BCUT2D eigenvalue weighted by Gasteiger charge is -2.36. The Kier molecular flexibility index (Phi) is 24.1. The minimum absolute atomic E-state index is 0.175. The van der Waals surface area contributed by atoms with Crippen molar-refractivity contribution in [3.8, 4) is 11.8 Å². The number of aliphatic hydroxyl groups is 3. The number of carbonyl (C=O) groups is 2. The van der Waals surface area contributed by atoms with E-state index in [1.165, 1.54) is 5.57 Å². The van der Waals surface area contributed by atoms with Crippen LogP contribution < -0.4 is 0 Å². The second-order valence-electron chi connectivity index (χ2n) is 14.5. The Labute approximate surface area is 276 Å². The second kappa shape index (κ2) is 24.1. The zero-order valence-electron chi connectivity index (χ0n) is 30.5. The number of rotatable bonds is 11. The van der Waals surface area contributed by atoms with Crippen LogP contribution in [0.3, 0.4) is 0 Å². The molecule has 0 aromatic rings. The molecule has 0 heterocycles. The van der Waals surface area contributed by atoms with Crippen molar-refractivity contribution in [1.82, 2.24) is 0 Å². The first-order valence-electron chi connectivity index (χ1n) is 16.7. The number of hydrogen-bond donors (Lipinski definition) is 3. The van der Waals surface area contributed by atoms with Crippen LogP contribution in [0.1, 0.15) is 127 Å². The summed E-state index contributed by atoms with van der Waals surface area (Å²) < 4.78 is 10.7. The molecule has 1 unspecified atom stereocenters. The molecule has 2 aliphatic carbocycles. The molecule has 0 saturated heterocycles. The van der Waals surface area contributed by atoms with Gasteiger partial charge in [-0.3, -0.25) is 4.79 Å². The van der Waals surface area contributed by atoms with Gasteiger partial charge in [0.2, 0.25) is 0 Å². The molecule has 7 nitrogen and oxygen atoms in total. The monoisotopic (exact) mass is 636 g/mol. The van der Waals surface area contributed by atoms with E-state index in [9.17, 15) is 14.7 Å². The quantitative estimate of drug-likeness (QED) is 0.0923. The normalized spacial score (nSPS) is 21.7. The van der Waals surface area contributed by atoms with Crippen molar-refractivity contribution >= 4 is 11.9 Å². The number of allylic oxidation sites excluding steroid dienone is 1. The lowest BCUT2D eigenvalue weighted by Crippen LogP contribution is -2.37. The van der Waals surface area contributed by atoms with Crippen LogP contribution in [0.4, 0.5) is 0 Å². The van der Waals surface area contributed by atoms with Crippen molar-refractivity contribution in [2.24, 2.45) is 34.5 Å². The highest BCUT2D eigenvalue weighted by Crippen LogP contribution is 2.37. The molecule has 0 bridgehead atoms. The van der Waals surface area contributed by atoms with E-state index < -0.39 is 11.5 Å². The summed E-state index contributed by atoms with van der Waals surface area (Å²) in [6, 6.07) is 0. The maximum Gasteiger partial charge on any atom is 0.333 e. The Balaban J connectivity index is 0. The molecular weight excluding hydrogens is 568 g/mol. The molecule has 262 valence electrons. The van der Waals surface area contributed by atoms with Crippen LogP contribution in [0.25, 0.3) is 0 Å². The van der Waals surface area contributed by atoms with Crippen molar-refractivity contribution in [2.75, 3.05) is 26.4 Å². The van der Waals surface area contributed by atoms with Crippen LogP contribution in [0.5, 0.6) is 0 Å². The molecule has 0 aliphatic heterocycles. The molecule has 7 heteroatoms. The molecule has 0 amide bonds. The number of carbonyl (C=O) groups excluding carboxylic acids is 2. The largest absolute Gasteiger partial charge is 0.465 e. The van der Waals surface area contributed by atoms with Gasteiger partial charge < -0.3 is 24.8 Å². The van der Waals surface area contributed by atoms with Crippen molar-refractivity contribution in [3.63, 3.8) is 0 Å². The highest BCUT2D eigenvalue weighted by molar-refractivity contribution is 5.86. The maximum atomic E-state index is 12.4. The first kappa shape index (κ1) is 45.0. The van der Waals surface area contributed by atoms with Crippen molar-refractivity contribution in [2.45, 2.75) is 133 Å². The Hall–Kier alpha value is -2.14. The topological polar surface area (TPSA) is 113 Å². The minimum atomic E-state index is -0.594. The van der Waals surface area contributed by atoms with Gasteiger partial charge >= 0.3 is 11.9 Å². The molecule has 2 rings (SSSR count). The molecule has 3 N–H and O–H groups in total. The van der Waals surface area contributed by atoms with Gasteiger partial charge in [-0.25, -0.2) is 4.79 Å². The van der Waals surface area contributed by atoms with Crippen LogP contribution in [0, 0.1) is 46.3 Å². The Morgan fingerprint density at radius 1 is 0.756 bits per heavy atom. The van der Waals surface area contributed by atoms with E-state index in [1.807, 2.05) is 55.4 Å². The van der Waals surface area contributed by atoms with Crippen LogP contribution >= 0.6 is 0 Å². The van der Waals surface area contributed by atoms with E-state index in [0.29, 0.717) is 48.9 Å². The van der Waals surface area contributed by atoms with Gasteiger partial charge in [-0.2, -0.15) is 0 Å². The van der Waals surface area contributed by atoms with E-state index >= 15 is 0 Å². The van der Waals surface area contributed by atoms with Gasteiger partial charge in [-0.05, 0) is 142 Å². The number of esters is 2. The fourth-order valence-corrected chi connectivity index (χ4v) is 5.23. The molecule has 45 heavy (non-hydrogen) atoms. The van der Waals surface area contributed by atoms with Crippen LogP contribution in [0.2, 0.25) is 0 Å². The van der Waals surface area contributed by atoms with Gasteiger partial charge in [0.15, 0.2) is 0 Å². The molecule has 2 saturated carbocycles. The molecule has 0 spiro atoms. The number of aliphatic hydroxyl groups excluding tert-OH is 3. The standard InChI is InChI=1S/C18H34O4.C12H20O3.C4H8.C4H6/c1-13(20)17(2,3)12-18(4,5)16(21)22-11-15-8-6-14(10-19)7-9-15;1-9(2)12(14)15-8-11-5-3-10(7-13)4-6-11;1-4(2)3;1-3-4-2/h13-15,19-20H,6-12H2,1-5H3;10-11,13H,1,3-8H2,2H3;1H2,2-3H3;1-2H3. The highest BCUT2D eigenvalue weighted by atomic mass is 16.5. The minimum Gasteiger partial charge on any atom is -0.465 e. The molecule has 0 radical (unpaired) electrons. The summed E-state index contributed by atoms with van der Waals surface area (Å²) in [6.07, 6.45) is 8.42. The van der Waals surface area contributed by atoms with E-state index in [2.05, 4.69) is 25.0 Å². The molecule has 0 aromatic carbocycles. The summed E-state index contributed by atoms with van der Waals surface area (Å²) in [4.78, 5) is 23.5. The maximum absolute atomic E-state index is 12.4. The van der Waals surface area contributed by atoms with Gasteiger partial charge in [-0.1, -0.05) is 26.0 Å². The molecule has 2 aliphatic rings.